The molecule has 0 unspecified atom stereocenters. The van der Waals surface area contributed by atoms with Gasteiger partial charge < -0.3 is 14.4 Å². The summed E-state index contributed by atoms with van der Waals surface area (Å²) >= 11 is 3.49. The Balaban J connectivity index is 1.71. The monoisotopic (exact) mass is 325 g/mol. The molecule has 6 heteroatoms. The van der Waals surface area contributed by atoms with Crippen LogP contribution in [0.3, 0.4) is 0 Å². The van der Waals surface area contributed by atoms with Gasteiger partial charge in [0.05, 0.1) is 10.7 Å². The fourth-order valence-corrected chi connectivity index (χ4v) is 2.70. The van der Waals surface area contributed by atoms with Gasteiger partial charge in [0.1, 0.15) is 0 Å². The van der Waals surface area contributed by atoms with Gasteiger partial charge in [-0.2, -0.15) is 5.10 Å². The van der Waals surface area contributed by atoms with Gasteiger partial charge in [-0.25, -0.2) is 0 Å². The number of hydrazone groups is 1. The van der Waals surface area contributed by atoms with Gasteiger partial charge in [-0.1, -0.05) is 0 Å². The molecule has 0 spiro atoms. The average Bonchev–Trinajstić information content (AvgIpc) is 2.87. The van der Waals surface area contributed by atoms with E-state index in [1.807, 2.05) is 18.3 Å². The molecule has 2 aliphatic rings. The van der Waals surface area contributed by atoms with Crippen molar-refractivity contribution in [1.82, 2.24) is 9.91 Å². The van der Waals surface area contributed by atoms with Crippen LogP contribution in [0.25, 0.3) is 0 Å². The van der Waals surface area contributed by atoms with E-state index in [0.29, 0.717) is 0 Å². The van der Waals surface area contributed by atoms with Crippen molar-refractivity contribution in [3.05, 3.63) is 22.2 Å². The van der Waals surface area contributed by atoms with E-state index in [2.05, 4.69) is 38.0 Å². The molecule has 5 nitrogen and oxygen atoms in total. The first kappa shape index (κ1) is 12.7. The zero-order valence-corrected chi connectivity index (χ0v) is 12.4. The smallest absolute Gasteiger partial charge is 0.231 e. The Labute approximate surface area is 120 Å². The van der Waals surface area contributed by atoms with Gasteiger partial charge in [-0.3, -0.25) is 5.01 Å². The Hall–Kier alpha value is -1.27. The lowest BCUT2D eigenvalue weighted by Crippen LogP contribution is -2.41. The molecule has 0 radical (unpaired) electrons. The van der Waals surface area contributed by atoms with E-state index < -0.39 is 0 Å². The Morgan fingerprint density at radius 1 is 1.21 bits per heavy atom. The van der Waals surface area contributed by atoms with Crippen molar-refractivity contribution in [2.75, 3.05) is 40.0 Å². The van der Waals surface area contributed by atoms with E-state index in [0.717, 1.165) is 47.7 Å². The molecular weight excluding hydrogens is 310 g/mol. The first-order valence-corrected chi connectivity index (χ1v) is 7.08. The molecule has 0 atom stereocenters. The number of piperazine rings is 1. The van der Waals surface area contributed by atoms with Gasteiger partial charge in [-0.15, -0.1) is 0 Å². The van der Waals surface area contributed by atoms with Crippen LogP contribution in [0.1, 0.15) is 5.56 Å². The summed E-state index contributed by atoms with van der Waals surface area (Å²) in [6, 6.07) is 3.94. The Morgan fingerprint density at radius 3 is 2.79 bits per heavy atom. The van der Waals surface area contributed by atoms with Gasteiger partial charge in [-0.05, 0) is 40.7 Å². The number of fused-ring (bicyclic) bond motifs is 1. The van der Waals surface area contributed by atoms with Crippen LogP contribution in [0.2, 0.25) is 0 Å². The molecule has 0 N–H and O–H groups in total. The normalized spacial score (nSPS) is 19.4. The van der Waals surface area contributed by atoms with Crippen LogP contribution in [-0.2, 0) is 0 Å². The van der Waals surface area contributed by atoms with E-state index in [1.54, 1.807) is 0 Å². The maximum Gasteiger partial charge on any atom is 0.231 e. The van der Waals surface area contributed by atoms with Crippen molar-refractivity contribution in [2.45, 2.75) is 0 Å². The maximum atomic E-state index is 5.39. The highest BCUT2D eigenvalue weighted by atomic mass is 79.9. The summed E-state index contributed by atoms with van der Waals surface area (Å²) in [5.41, 5.74) is 1.01. The number of rotatable bonds is 2. The average molecular weight is 326 g/mol. The Bertz CT molecular complexity index is 499. The molecule has 2 aliphatic heterocycles. The van der Waals surface area contributed by atoms with Crippen molar-refractivity contribution >= 4 is 22.1 Å². The predicted molar refractivity (Wildman–Crippen MR) is 76.9 cm³/mol. The molecule has 0 aromatic heterocycles. The number of likely N-dealkylation sites (N-methyl/N-ethyl adjacent to an activating group) is 1. The molecule has 102 valence electrons. The van der Waals surface area contributed by atoms with Crippen LogP contribution in [0.15, 0.2) is 21.7 Å². The molecule has 0 bridgehead atoms. The molecular formula is C13H16BrN3O2. The van der Waals surface area contributed by atoms with Gasteiger partial charge in [0.25, 0.3) is 0 Å². The van der Waals surface area contributed by atoms with E-state index >= 15 is 0 Å². The highest BCUT2D eigenvalue weighted by molar-refractivity contribution is 9.10. The minimum Gasteiger partial charge on any atom is -0.454 e. The number of hydrogen-bond donors (Lipinski definition) is 0. The fourth-order valence-electron chi connectivity index (χ4n) is 2.12. The summed E-state index contributed by atoms with van der Waals surface area (Å²) in [6.45, 7) is 4.34. The number of benzene rings is 1. The molecule has 2 heterocycles. The van der Waals surface area contributed by atoms with Gasteiger partial charge >= 0.3 is 0 Å². The van der Waals surface area contributed by atoms with Crippen LogP contribution in [0.5, 0.6) is 11.5 Å². The van der Waals surface area contributed by atoms with Gasteiger partial charge in [0, 0.05) is 26.2 Å². The predicted octanol–water partition coefficient (Wildman–Crippen LogP) is 1.76. The molecule has 1 aromatic rings. The lowest BCUT2D eigenvalue weighted by molar-refractivity contribution is 0.159. The van der Waals surface area contributed by atoms with Crippen molar-refractivity contribution in [1.29, 1.82) is 0 Å². The summed E-state index contributed by atoms with van der Waals surface area (Å²) in [4.78, 5) is 2.31. The highest BCUT2D eigenvalue weighted by Gasteiger charge is 2.17. The zero-order valence-electron chi connectivity index (χ0n) is 10.8. The first-order valence-electron chi connectivity index (χ1n) is 6.29. The van der Waals surface area contributed by atoms with Crippen molar-refractivity contribution < 1.29 is 9.47 Å². The zero-order chi connectivity index (χ0) is 13.2. The summed E-state index contributed by atoms with van der Waals surface area (Å²) in [6.07, 6.45) is 1.87. The minimum atomic E-state index is 0.285. The van der Waals surface area contributed by atoms with E-state index in [1.165, 1.54) is 0 Å². The van der Waals surface area contributed by atoms with Crippen LogP contribution in [-0.4, -0.2) is 56.1 Å². The first-order chi connectivity index (χ1) is 9.22. The largest absolute Gasteiger partial charge is 0.454 e. The van der Waals surface area contributed by atoms with Crippen molar-refractivity contribution in [3.63, 3.8) is 0 Å². The summed E-state index contributed by atoms with van der Waals surface area (Å²) in [7, 11) is 2.13. The van der Waals surface area contributed by atoms with Crippen LogP contribution >= 0.6 is 15.9 Å². The molecule has 1 fully saturated rings. The molecule has 19 heavy (non-hydrogen) atoms. The van der Waals surface area contributed by atoms with Crippen LogP contribution in [0.4, 0.5) is 0 Å². The third-order valence-electron chi connectivity index (χ3n) is 3.30. The Morgan fingerprint density at radius 2 is 2.00 bits per heavy atom. The highest BCUT2D eigenvalue weighted by Crippen LogP contribution is 2.39. The fraction of sp³-hybridized carbons (Fsp3) is 0.462. The summed E-state index contributed by atoms with van der Waals surface area (Å²) in [5.74, 6) is 1.55. The molecule has 1 aromatic carbocycles. The van der Waals surface area contributed by atoms with Crippen molar-refractivity contribution in [3.8, 4) is 11.5 Å². The SMILES string of the molecule is CN1CCN(/N=C\c2cc(Br)c3c(c2)OCO3)CC1. The molecule has 3 rings (SSSR count). The van der Waals surface area contributed by atoms with E-state index in [-0.39, 0.29) is 6.79 Å². The number of nitrogens with zero attached hydrogens (tertiary/aromatic N) is 3. The molecule has 1 saturated heterocycles. The van der Waals surface area contributed by atoms with Crippen LogP contribution < -0.4 is 9.47 Å². The third-order valence-corrected chi connectivity index (χ3v) is 3.89. The second-order valence-electron chi connectivity index (χ2n) is 4.74. The van der Waals surface area contributed by atoms with Crippen LogP contribution in [0, 0.1) is 0 Å². The lowest BCUT2D eigenvalue weighted by atomic mass is 10.2. The summed E-state index contributed by atoms with van der Waals surface area (Å²) < 4.78 is 11.7. The quantitative estimate of drug-likeness (QED) is 0.776. The molecule has 0 amide bonds. The maximum absolute atomic E-state index is 5.39. The second kappa shape index (κ2) is 5.38. The number of ether oxygens (including phenoxy) is 2. The standard InChI is InChI=1S/C13H16BrN3O2/c1-16-2-4-17(5-3-16)15-8-10-6-11(14)13-12(7-10)18-9-19-13/h6-8H,2-5,9H2,1H3/b15-8-. The topological polar surface area (TPSA) is 37.3 Å². The second-order valence-corrected chi connectivity index (χ2v) is 5.59. The lowest BCUT2D eigenvalue weighted by Gasteiger charge is -2.30. The Kier molecular flexibility index (Phi) is 3.61. The number of hydrogen-bond acceptors (Lipinski definition) is 5. The molecule has 0 saturated carbocycles. The molecule has 0 aliphatic carbocycles. The minimum absolute atomic E-state index is 0.285. The number of halogens is 1. The van der Waals surface area contributed by atoms with Gasteiger partial charge in [0.15, 0.2) is 11.5 Å². The van der Waals surface area contributed by atoms with Gasteiger partial charge in [0.2, 0.25) is 6.79 Å². The third kappa shape index (κ3) is 2.84. The van der Waals surface area contributed by atoms with E-state index in [4.69, 9.17) is 9.47 Å². The van der Waals surface area contributed by atoms with E-state index in [9.17, 15) is 0 Å². The van der Waals surface area contributed by atoms with Crippen molar-refractivity contribution in [2.24, 2.45) is 5.10 Å². The summed E-state index contributed by atoms with van der Waals surface area (Å²) in [5, 5.41) is 6.61.